The summed E-state index contributed by atoms with van der Waals surface area (Å²) in [6.07, 6.45) is 3.35. The summed E-state index contributed by atoms with van der Waals surface area (Å²) in [4.78, 5) is 0. The quantitative estimate of drug-likeness (QED) is 0.857. The van der Waals surface area contributed by atoms with E-state index >= 15 is 0 Å². The third kappa shape index (κ3) is 3.31. The summed E-state index contributed by atoms with van der Waals surface area (Å²) in [6.45, 7) is 2.04. The molecule has 0 saturated carbocycles. The van der Waals surface area contributed by atoms with E-state index in [-0.39, 0.29) is 5.92 Å². The van der Waals surface area contributed by atoms with Gasteiger partial charge >= 0.3 is 0 Å². The van der Waals surface area contributed by atoms with Gasteiger partial charge in [-0.3, -0.25) is 0 Å². The molecule has 1 unspecified atom stereocenters. The lowest BCUT2D eigenvalue weighted by atomic mass is 9.95. The second kappa shape index (κ2) is 6.18. The lowest BCUT2D eigenvalue weighted by Gasteiger charge is -2.15. The Morgan fingerprint density at radius 2 is 1.44 bits per heavy atom. The van der Waals surface area contributed by atoms with Gasteiger partial charge in [-0.25, -0.2) is 0 Å². The molecule has 1 N–H and O–H groups in total. The van der Waals surface area contributed by atoms with E-state index < -0.39 is 6.10 Å². The largest absolute Gasteiger partial charge is 0.388 e. The van der Waals surface area contributed by atoms with Gasteiger partial charge in [0.15, 0.2) is 0 Å². The highest BCUT2D eigenvalue weighted by Gasteiger charge is 2.12. The highest BCUT2D eigenvalue weighted by atomic mass is 16.3. The minimum absolute atomic E-state index is 0.103. The van der Waals surface area contributed by atoms with Crippen molar-refractivity contribution >= 4 is 6.08 Å². The van der Waals surface area contributed by atoms with Crippen molar-refractivity contribution in [2.45, 2.75) is 18.9 Å². The van der Waals surface area contributed by atoms with Gasteiger partial charge in [0.25, 0.3) is 0 Å². The Morgan fingerprint density at radius 3 is 2.06 bits per heavy atom. The first-order chi connectivity index (χ1) is 8.77. The minimum atomic E-state index is -0.465. The summed E-state index contributed by atoms with van der Waals surface area (Å²) in [7, 11) is 0. The molecule has 0 saturated heterocycles. The van der Waals surface area contributed by atoms with Crippen LogP contribution in [-0.2, 0) is 0 Å². The van der Waals surface area contributed by atoms with Crippen LogP contribution < -0.4 is 0 Å². The van der Waals surface area contributed by atoms with Crippen LogP contribution in [0.4, 0.5) is 0 Å². The van der Waals surface area contributed by atoms with Crippen LogP contribution in [0.5, 0.6) is 0 Å². The van der Waals surface area contributed by atoms with Crippen LogP contribution in [0.1, 0.15) is 24.0 Å². The van der Waals surface area contributed by atoms with Crippen LogP contribution in [0.25, 0.3) is 6.08 Å². The zero-order valence-electron chi connectivity index (χ0n) is 10.5. The monoisotopic (exact) mass is 238 g/mol. The van der Waals surface area contributed by atoms with E-state index in [0.717, 1.165) is 11.1 Å². The molecule has 0 aliphatic rings. The van der Waals surface area contributed by atoms with E-state index in [1.807, 2.05) is 79.7 Å². The number of benzene rings is 2. The van der Waals surface area contributed by atoms with Gasteiger partial charge in [-0.1, -0.05) is 79.7 Å². The zero-order chi connectivity index (χ0) is 12.8. The summed E-state index contributed by atoms with van der Waals surface area (Å²) in [5.74, 6) is 0.103. The summed E-state index contributed by atoms with van der Waals surface area (Å²) >= 11 is 0. The Bertz CT molecular complexity index is 488. The SMILES string of the molecule is CC(c1ccccc1)[C@H](O)/C=C/c1ccccc1. The summed E-state index contributed by atoms with van der Waals surface area (Å²) in [6, 6.07) is 20.1. The fourth-order valence-electron chi connectivity index (χ4n) is 1.89. The number of hydrogen-bond donors (Lipinski definition) is 1. The van der Waals surface area contributed by atoms with Crippen LogP contribution >= 0.6 is 0 Å². The van der Waals surface area contributed by atoms with Crippen LogP contribution in [-0.4, -0.2) is 11.2 Å². The summed E-state index contributed by atoms with van der Waals surface area (Å²) < 4.78 is 0. The van der Waals surface area contributed by atoms with E-state index in [9.17, 15) is 5.11 Å². The third-order valence-electron chi connectivity index (χ3n) is 3.12. The average molecular weight is 238 g/mol. The summed E-state index contributed by atoms with van der Waals surface area (Å²) in [5.41, 5.74) is 2.26. The molecule has 2 aromatic carbocycles. The van der Waals surface area contributed by atoms with Gasteiger partial charge in [-0.2, -0.15) is 0 Å². The predicted octanol–water partition coefficient (Wildman–Crippen LogP) is 3.86. The molecule has 0 fully saturated rings. The molecule has 0 radical (unpaired) electrons. The van der Waals surface area contributed by atoms with Crippen LogP contribution in [0.3, 0.4) is 0 Å². The van der Waals surface area contributed by atoms with Crippen LogP contribution in [0, 0.1) is 0 Å². The maximum atomic E-state index is 10.1. The number of rotatable bonds is 4. The molecule has 0 aliphatic carbocycles. The Balaban J connectivity index is 2.04. The van der Waals surface area contributed by atoms with Gasteiger partial charge < -0.3 is 5.11 Å². The van der Waals surface area contributed by atoms with Crippen molar-refractivity contribution in [2.75, 3.05) is 0 Å². The van der Waals surface area contributed by atoms with E-state index in [0.29, 0.717) is 0 Å². The van der Waals surface area contributed by atoms with Crippen molar-refractivity contribution in [2.24, 2.45) is 0 Å². The molecule has 2 rings (SSSR count). The van der Waals surface area contributed by atoms with Crippen molar-refractivity contribution in [3.05, 3.63) is 77.9 Å². The molecular weight excluding hydrogens is 220 g/mol. The molecule has 92 valence electrons. The minimum Gasteiger partial charge on any atom is -0.388 e. The van der Waals surface area contributed by atoms with E-state index in [1.165, 1.54) is 0 Å². The highest BCUT2D eigenvalue weighted by molar-refractivity contribution is 5.49. The molecule has 2 atom stereocenters. The zero-order valence-corrected chi connectivity index (χ0v) is 10.5. The number of aliphatic hydroxyl groups is 1. The van der Waals surface area contributed by atoms with Crippen LogP contribution in [0.2, 0.25) is 0 Å². The van der Waals surface area contributed by atoms with Crippen LogP contribution in [0.15, 0.2) is 66.7 Å². The topological polar surface area (TPSA) is 20.2 Å². The maximum absolute atomic E-state index is 10.1. The van der Waals surface area contributed by atoms with Gasteiger partial charge in [-0.15, -0.1) is 0 Å². The lowest BCUT2D eigenvalue weighted by molar-refractivity contribution is 0.198. The Hall–Kier alpha value is -1.86. The van der Waals surface area contributed by atoms with Gasteiger partial charge in [0.1, 0.15) is 0 Å². The van der Waals surface area contributed by atoms with Crippen molar-refractivity contribution in [1.29, 1.82) is 0 Å². The molecule has 0 bridgehead atoms. The van der Waals surface area contributed by atoms with E-state index in [2.05, 4.69) is 0 Å². The molecule has 2 aromatic rings. The lowest BCUT2D eigenvalue weighted by Crippen LogP contribution is -2.12. The van der Waals surface area contributed by atoms with E-state index in [1.54, 1.807) is 0 Å². The smallest absolute Gasteiger partial charge is 0.0789 e. The second-order valence-electron chi connectivity index (χ2n) is 4.46. The molecular formula is C17H18O. The Kier molecular flexibility index (Phi) is 4.32. The summed E-state index contributed by atoms with van der Waals surface area (Å²) in [5, 5.41) is 10.1. The fourth-order valence-corrected chi connectivity index (χ4v) is 1.89. The normalized spacial score (nSPS) is 14.6. The van der Waals surface area contributed by atoms with Gasteiger partial charge in [0.05, 0.1) is 6.10 Å². The maximum Gasteiger partial charge on any atom is 0.0789 e. The molecule has 0 aliphatic heterocycles. The first-order valence-electron chi connectivity index (χ1n) is 6.23. The van der Waals surface area contributed by atoms with Gasteiger partial charge in [0.2, 0.25) is 0 Å². The molecule has 1 heteroatoms. The average Bonchev–Trinajstić information content (AvgIpc) is 2.46. The Morgan fingerprint density at radius 1 is 0.889 bits per heavy atom. The number of aliphatic hydroxyl groups excluding tert-OH is 1. The number of hydrogen-bond acceptors (Lipinski definition) is 1. The standard InChI is InChI=1S/C17H18O/c1-14(16-10-6-3-7-11-16)17(18)13-12-15-8-4-2-5-9-15/h2-14,17-18H,1H3/b13-12+/t14?,17-/m1/s1. The first kappa shape index (κ1) is 12.6. The second-order valence-corrected chi connectivity index (χ2v) is 4.46. The predicted molar refractivity (Wildman–Crippen MR) is 76.3 cm³/mol. The molecule has 0 amide bonds. The third-order valence-corrected chi connectivity index (χ3v) is 3.12. The fraction of sp³-hybridized carbons (Fsp3) is 0.176. The van der Waals surface area contributed by atoms with E-state index in [4.69, 9.17) is 0 Å². The van der Waals surface area contributed by atoms with Gasteiger partial charge in [-0.05, 0) is 11.1 Å². The highest BCUT2D eigenvalue weighted by Crippen LogP contribution is 2.20. The van der Waals surface area contributed by atoms with Crippen molar-refractivity contribution < 1.29 is 5.11 Å². The Labute approximate surface area is 108 Å². The first-order valence-corrected chi connectivity index (χ1v) is 6.23. The van der Waals surface area contributed by atoms with Crippen molar-refractivity contribution in [3.63, 3.8) is 0 Å². The molecule has 0 aromatic heterocycles. The van der Waals surface area contributed by atoms with Crippen molar-refractivity contribution in [3.8, 4) is 0 Å². The molecule has 1 nitrogen and oxygen atoms in total. The van der Waals surface area contributed by atoms with Crippen molar-refractivity contribution in [1.82, 2.24) is 0 Å². The molecule has 0 heterocycles. The molecule has 18 heavy (non-hydrogen) atoms. The molecule has 0 spiro atoms. The van der Waals surface area contributed by atoms with Gasteiger partial charge in [0, 0.05) is 5.92 Å².